The molecule has 3 heteroatoms. The molecule has 2 unspecified atom stereocenters. The Balaban J connectivity index is 1.96. The van der Waals surface area contributed by atoms with Crippen LogP contribution in [-0.2, 0) is 22.5 Å². The fraction of sp³-hybridized carbons (Fsp3) is 0.588. The van der Waals surface area contributed by atoms with Crippen LogP contribution in [0.2, 0.25) is 0 Å². The van der Waals surface area contributed by atoms with Crippen LogP contribution in [-0.4, -0.2) is 19.1 Å². The Kier molecular flexibility index (Phi) is 5.60. The number of hydrogen-bond acceptors (Lipinski definition) is 3. The van der Waals surface area contributed by atoms with Crippen molar-refractivity contribution >= 4 is 5.97 Å². The van der Waals surface area contributed by atoms with Gasteiger partial charge in [-0.2, -0.15) is 0 Å². The molecular formula is C17H25NO2. The van der Waals surface area contributed by atoms with Crippen molar-refractivity contribution in [3.63, 3.8) is 0 Å². The summed E-state index contributed by atoms with van der Waals surface area (Å²) in [5.41, 5.74) is 2.27. The summed E-state index contributed by atoms with van der Waals surface area (Å²) in [5.74, 6) is 0.569. The van der Waals surface area contributed by atoms with Crippen molar-refractivity contribution in [2.24, 2.45) is 5.92 Å². The topological polar surface area (TPSA) is 38.3 Å². The molecule has 1 N–H and O–H groups in total. The minimum Gasteiger partial charge on any atom is -0.469 e. The summed E-state index contributed by atoms with van der Waals surface area (Å²) < 4.78 is 4.76. The van der Waals surface area contributed by atoms with E-state index >= 15 is 0 Å². The highest BCUT2D eigenvalue weighted by Gasteiger charge is 2.20. The number of ether oxygens (including phenoxy) is 1. The Morgan fingerprint density at radius 1 is 1.25 bits per heavy atom. The van der Waals surface area contributed by atoms with Gasteiger partial charge in [0.25, 0.3) is 0 Å². The van der Waals surface area contributed by atoms with Crippen molar-refractivity contribution in [2.45, 2.75) is 51.6 Å². The third kappa shape index (κ3) is 4.07. The number of rotatable bonds is 5. The van der Waals surface area contributed by atoms with Crippen LogP contribution in [0.1, 0.15) is 43.7 Å². The van der Waals surface area contributed by atoms with Crippen molar-refractivity contribution in [3.05, 3.63) is 35.4 Å². The van der Waals surface area contributed by atoms with E-state index in [1.165, 1.54) is 38.4 Å². The van der Waals surface area contributed by atoms with Crippen LogP contribution < -0.4 is 5.32 Å². The van der Waals surface area contributed by atoms with Crippen LogP contribution in [0, 0.1) is 5.92 Å². The Labute approximate surface area is 121 Å². The fourth-order valence-corrected chi connectivity index (χ4v) is 2.99. The Morgan fingerprint density at radius 2 is 1.95 bits per heavy atom. The maximum atomic E-state index is 11.4. The molecule has 1 aromatic rings. The predicted molar refractivity (Wildman–Crippen MR) is 80.4 cm³/mol. The van der Waals surface area contributed by atoms with Crippen LogP contribution in [0.25, 0.3) is 0 Å². The predicted octanol–water partition coefficient (Wildman–Crippen LogP) is 3.07. The summed E-state index contributed by atoms with van der Waals surface area (Å²) in [6, 6.07) is 8.72. The number of benzene rings is 1. The zero-order valence-electron chi connectivity index (χ0n) is 12.5. The van der Waals surface area contributed by atoms with Crippen LogP contribution in [0.4, 0.5) is 0 Å². The number of carbonyl (C=O) groups excluding carboxylic acids is 1. The monoisotopic (exact) mass is 275 g/mol. The standard InChI is InChI=1S/C17H25NO2/c1-13-7-3-6-10-16(13)18-12-15-9-5-4-8-14(15)11-17(19)20-2/h4-5,8-9,13,16,18H,3,6-7,10-12H2,1-2H3. The lowest BCUT2D eigenvalue weighted by Crippen LogP contribution is -2.36. The van der Waals surface area contributed by atoms with E-state index in [0.717, 1.165) is 18.0 Å². The summed E-state index contributed by atoms with van der Waals surface area (Å²) in [5, 5.41) is 3.67. The summed E-state index contributed by atoms with van der Waals surface area (Å²) >= 11 is 0. The normalized spacial score (nSPS) is 22.5. The molecule has 2 atom stereocenters. The quantitative estimate of drug-likeness (QED) is 0.839. The Bertz CT molecular complexity index is 444. The van der Waals surface area contributed by atoms with Gasteiger partial charge in [-0.15, -0.1) is 0 Å². The molecule has 0 spiro atoms. The van der Waals surface area contributed by atoms with Gasteiger partial charge in [0.2, 0.25) is 0 Å². The van der Waals surface area contributed by atoms with Crippen molar-refractivity contribution < 1.29 is 9.53 Å². The number of carbonyl (C=O) groups is 1. The minimum atomic E-state index is -0.177. The van der Waals surface area contributed by atoms with Gasteiger partial charge in [0.05, 0.1) is 13.5 Å². The van der Waals surface area contributed by atoms with E-state index in [1.807, 2.05) is 18.2 Å². The number of methoxy groups -OCH3 is 1. The lowest BCUT2D eigenvalue weighted by molar-refractivity contribution is -0.139. The fourth-order valence-electron chi connectivity index (χ4n) is 2.99. The molecule has 1 aliphatic rings. The number of hydrogen-bond donors (Lipinski definition) is 1. The average molecular weight is 275 g/mol. The smallest absolute Gasteiger partial charge is 0.309 e. The van der Waals surface area contributed by atoms with Gasteiger partial charge in [-0.05, 0) is 29.9 Å². The Morgan fingerprint density at radius 3 is 2.65 bits per heavy atom. The van der Waals surface area contributed by atoms with E-state index in [2.05, 4.69) is 18.3 Å². The minimum absolute atomic E-state index is 0.177. The molecule has 1 saturated carbocycles. The van der Waals surface area contributed by atoms with Crippen molar-refractivity contribution in [1.82, 2.24) is 5.32 Å². The van der Waals surface area contributed by atoms with Gasteiger partial charge in [0.15, 0.2) is 0 Å². The number of nitrogens with one attached hydrogen (secondary N) is 1. The molecule has 0 aromatic heterocycles. The van der Waals surface area contributed by atoms with E-state index in [-0.39, 0.29) is 5.97 Å². The van der Waals surface area contributed by atoms with E-state index in [0.29, 0.717) is 12.5 Å². The largest absolute Gasteiger partial charge is 0.469 e. The van der Waals surface area contributed by atoms with Gasteiger partial charge < -0.3 is 10.1 Å². The molecule has 110 valence electrons. The summed E-state index contributed by atoms with van der Waals surface area (Å²) in [4.78, 5) is 11.4. The highest BCUT2D eigenvalue weighted by molar-refractivity contribution is 5.72. The first-order chi connectivity index (χ1) is 9.70. The van der Waals surface area contributed by atoms with Crippen LogP contribution in [0.15, 0.2) is 24.3 Å². The SMILES string of the molecule is COC(=O)Cc1ccccc1CNC1CCCCC1C. The first kappa shape index (κ1) is 15.0. The van der Waals surface area contributed by atoms with E-state index in [1.54, 1.807) is 0 Å². The maximum Gasteiger partial charge on any atom is 0.309 e. The third-order valence-electron chi connectivity index (χ3n) is 4.35. The van der Waals surface area contributed by atoms with Gasteiger partial charge >= 0.3 is 5.97 Å². The molecule has 0 heterocycles. The van der Waals surface area contributed by atoms with Crippen LogP contribution in [0.3, 0.4) is 0 Å². The zero-order chi connectivity index (χ0) is 14.4. The zero-order valence-corrected chi connectivity index (χ0v) is 12.5. The van der Waals surface area contributed by atoms with Crippen LogP contribution in [0.5, 0.6) is 0 Å². The lowest BCUT2D eigenvalue weighted by Gasteiger charge is -2.30. The van der Waals surface area contributed by atoms with Gasteiger partial charge in [0.1, 0.15) is 0 Å². The third-order valence-corrected chi connectivity index (χ3v) is 4.35. The first-order valence-corrected chi connectivity index (χ1v) is 7.57. The second kappa shape index (κ2) is 7.44. The lowest BCUT2D eigenvalue weighted by atomic mass is 9.86. The second-order valence-corrected chi connectivity index (χ2v) is 5.77. The molecule has 1 fully saturated rings. The van der Waals surface area contributed by atoms with E-state index in [4.69, 9.17) is 4.74 Å². The van der Waals surface area contributed by atoms with Crippen molar-refractivity contribution in [3.8, 4) is 0 Å². The number of esters is 1. The summed E-state index contributed by atoms with van der Waals surface area (Å²) in [7, 11) is 1.44. The second-order valence-electron chi connectivity index (χ2n) is 5.77. The average Bonchev–Trinajstić information content (AvgIpc) is 2.47. The van der Waals surface area contributed by atoms with Gasteiger partial charge in [-0.3, -0.25) is 4.79 Å². The van der Waals surface area contributed by atoms with E-state index in [9.17, 15) is 4.79 Å². The highest BCUT2D eigenvalue weighted by Crippen LogP contribution is 2.24. The van der Waals surface area contributed by atoms with Crippen molar-refractivity contribution in [1.29, 1.82) is 0 Å². The van der Waals surface area contributed by atoms with Gasteiger partial charge in [-0.1, -0.05) is 44.0 Å². The molecule has 0 aliphatic heterocycles. The molecule has 2 rings (SSSR count). The first-order valence-electron chi connectivity index (χ1n) is 7.57. The molecular weight excluding hydrogens is 250 g/mol. The molecule has 0 radical (unpaired) electrons. The van der Waals surface area contributed by atoms with E-state index < -0.39 is 0 Å². The molecule has 0 amide bonds. The molecule has 1 aromatic carbocycles. The molecule has 20 heavy (non-hydrogen) atoms. The maximum absolute atomic E-state index is 11.4. The summed E-state index contributed by atoms with van der Waals surface area (Å²) in [6.45, 7) is 3.17. The molecule has 3 nitrogen and oxygen atoms in total. The summed E-state index contributed by atoms with van der Waals surface area (Å²) in [6.07, 6.45) is 5.63. The van der Waals surface area contributed by atoms with Gasteiger partial charge in [0, 0.05) is 12.6 Å². The van der Waals surface area contributed by atoms with Crippen molar-refractivity contribution in [2.75, 3.05) is 7.11 Å². The molecule has 0 saturated heterocycles. The highest BCUT2D eigenvalue weighted by atomic mass is 16.5. The molecule has 1 aliphatic carbocycles. The van der Waals surface area contributed by atoms with Crippen LogP contribution >= 0.6 is 0 Å². The van der Waals surface area contributed by atoms with Gasteiger partial charge in [-0.25, -0.2) is 0 Å². The molecule has 0 bridgehead atoms. The Hall–Kier alpha value is -1.35.